The van der Waals surface area contributed by atoms with Crippen molar-refractivity contribution in [3.63, 3.8) is 0 Å². The Kier molecular flexibility index (Phi) is 0.869. The number of hydrogen-bond acceptors (Lipinski definition) is 3. The largest absolute Gasteiger partial charge is 0.355 e. The van der Waals surface area contributed by atoms with E-state index in [0.717, 1.165) is 0 Å². The van der Waals surface area contributed by atoms with Crippen LogP contribution in [-0.2, 0) is 5.92 Å². The standard InChI is InChI=1S/C6H4FN3/c7-6(9-10-6)5-1-3-8-4-2-5/h1-4H. The van der Waals surface area contributed by atoms with Gasteiger partial charge >= 0.3 is 5.92 Å². The maximum absolute atomic E-state index is 12.9. The number of rotatable bonds is 1. The fourth-order valence-electron chi connectivity index (χ4n) is 0.723. The maximum Gasteiger partial charge on any atom is 0.355 e. The Labute approximate surface area is 56.6 Å². The Morgan fingerprint density at radius 2 is 1.80 bits per heavy atom. The first-order valence-corrected chi connectivity index (χ1v) is 2.85. The van der Waals surface area contributed by atoms with Crippen molar-refractivity contribution in [1.82, 2.24) is 4.98 Å². The minimum atomic E-state index is -1.75. The smallest absolute Gasteiger partial charge is 0.265 e. The molecule has 0 unspecified atom stereocenters. The lowest BCUT2D eigenvalue weighted by Gasteiger charge is -1.96. The molecule has 0 bridgehead atoms. The molecule has 50 valence electrons. The predicted molar refractivity (Wildman–Crippen MR) is 31.9 cm³/mol. The van der Waals surface area contributed by atoms with Crippen LogP contribution < -0.4 is 0 Å². The van der Waals surface area contributed by atoms with Crippen LogP contribution in [0.25, 0.3) is 0 Å². The molecule has 10 heavy (non-hydrogen) atoms. The molecule has 1 aliphatic heterocycles. The molecule has 3 nitrogen and oxygen atoms in total. The lowest BCUT2D eigenvalue weighted by molar-refractivity contribution is 0.289. The highest BCUT2D eigenvalue weighted by Gasteiger charge is 2.42. The Bertz CT molecular complexity index is 264. The average molecular weight is 137 g/mol. The molecule has 4 heteroatoms. The zero-order chi connectivity index (χ0) is 7.03. The molecule has 0 amide bonds. The second-order valence-electron chi connectivity index (χ2n) is 2.02. The summed E-state index contributed by atoms with van der Waals surface area (Å²) >= 11 is 0. The summed E-state index contributed by atoms with van der Waals surface area (Å²) in [7, 11) is 0. The first-order valence-electron chi connectivity index (χ1n) is 2.85. The van der Waals surface area contributed by atoms with Gasteiger partial charge in [0.25, 0.3) is 0 Å². The molecule has 0 N–H and O–H groups in total. The monoisotopic (exact) mass is 137 g/mol. The van der Waals surface area contributed by atoms with Crippen LogP contribution in [0.4, 0.5) is 4.39 Å². The fourth-order valence-corrected chi connectivity index (χ4v) is 0.723. The third-order valence-electron chi connectivity index (χ3n) is 1.32. The van der Waals surface area contributed by atoms with Crippen LogP contribution in [0.3, 0.4) is 0 Å². The number of aromatic nitrogens is 1. The van der Waals surface area contributed by atoms with E-state index in [1.54, 1.807) is 12.1 Å². The summed E-state index contributed by atoms with van der Waals surface area (Å²) in [5.74, 6) is -1.75. The summed E-state index contributed by atoms with van der Waals surface area (Å²) in [6.45, 7) is 0. The van der Waals surface area contributed by atoms with Crippen molar-refractivity contribution in [1.29, 1.82) is 0 Å². The molecule has 0 fully saturated rings. The summed E-state index contributed by atoms with van der Waals surface area (Å²) in [5.41, 5.74) is 0.447. The number of halogens is 1. The van der Waals surface area contributed by atoms with Crippen molar-refractivity contribution in [3.8, 4) is 0 Å². The molecular weight excluding hydrogens is 133 g/mol. The third kappa shape index (κ3) is 0.689. The molecule has 0 aromatic carbocycles. The van der Waals surface area contributed by atoms with E-state index >= 15 is 0 Å². The number of nitrogens with zero attached hydrogens (tertiary/aromatic N) is 3. The van der Waals surface area contributed by atoms with E-state index in [-0.39, 0.29) is 0 Å². The lowest BCUT2D eigenvalue weighted by atomic mass is 10.2. The molecule has 0 radical (unpaired) electrons. The Balaban J connectivity index is 2.36. The molecule has 1 aromatic rings. The van der Waals surface area contributed by atoms with E-state index in [0.29, 0.717) is 5.56 Å². The predicted octanol–water partition coefficient (Wildman–Crippen LogP) is 1.63. The van der Waals surface area contributed by atoms with Crippen molar-refractivity contribution < 1.29 is 4.39 Å². The van der Waals surface area contributed by atoms with Crippen molar-refractivity contribution in [3.05, 3.63) is 30.1 Å². The van der Waals surface area contributed by atoms with Crippen LogP contribution in [0.1, 0.15) is 5.56 Å². The maximum atomic E-state index is 12.9. The molecule has 0 saturated heterocycles. The van der Waals surface area contributed by atoms with Gasteiger partial charge in [-0.3, -0.25) is 4.98 Å². The van der Waals surface area contributed by atoms with E-state index < -0.39 is 5.92 Å². The van der Waals surface area contributed by atoms with Crippen molar-refractivity contribution in [2.75, 3.05) is 0 Å². The van der Waals surface area contributed by atoms with E-state index in [1.165, 1.54) is 12.4 Å². The zero-order valence-electron chi connectivity index (χ0n) is 5.03. The summed E-state index contributed by atoms with van der Waals surface area (Å²) < 4.78 is 12.9. The molecule has 0 aliphatic carbocycles. The summed E-state index contributed by atoms with van der Waals surface area (Å²) in [5, 5.41) is 6.47. The number of alkyl halides is 1. The van der Waals surface area contributed by atoms with Gasteiger partial charge in [0.1, 0.15) is 0 Å². The summed E-state index contributed by atoms with van der Waals surface area (Å²) in [4.78, 5) is 3.74. The Morgan fingerprint density at radius 3 is 2.30 bits per heavy atom. The minimum absolute atomic E-state index is 0.447. The van der Waals surface area contributed by atoms with Crippen LogP contribution in [0, 0.1) is 0 Å². The van der Waals surface area contributed by atoms with Crippen molar-refractivity contribution >= 4 is 0 Å². The second-order valence-corrected chi connectivity index (χ2v) is 2.02. The van der Waals surface area contributed by atoms with Gasteiger partial charge < -0.3 is 0 Å². The zero-order valence-corrected chi connectivity index (χ0v) is 5.03. The van der Waals surface area contributed by atoms with Crippen molar-refractivity contribution in [2.45, 2.75) is 5.92 Å². The SMILES string of the molecule is FC1(c2ccncc2)N=N1. The normalized spacial score (nSPS) is 18.9. The van der Waals surface area contributed by atoms with Gasteiger partial charge in [-0.15, -0.1) is 10.2 Å². The van der Waals surface area contributed by atoms with E-state index in [1.807, 2.05) is 0 Å². The summed E-state index contributed by atoms with van der Waals surface area (Å²) in [6, 6.07) is 3.11. The minimum Gasteiger partial charge on any atom is -0.265 e. The van der Waals surface area contributed by atoms with Crippen LogP contribution in [0.5, 0.6) is 0 Å². The van der Waals surface area contributed by atoms with Gasteiger partial charge in [0.2, 0.25) is 0 Å². The molecule has 1 aromatic heterocycles. The average Bonchev–Trinajstić information content (AvgIpc) is 2.72. The topological polar surface area (TPSA) is 37.6 Å². The molecule has 0 spiro atoms. The van der Waals surface area contributed by atoms with Gasteiger partial charge in [0.15, 0.2) is 0 Å². The molecule has 2 rings (SSSR count). The molecule has 0 saturated carbocycles. The lowest BCUT2D eigenvalue weighted by Crippen LogP contribution is -1.98. The Morgan fingerprint density at radius 1 is 1.20 bits per heavy atom. The van der Waals surface area contributed by atoms with Gasteiger partial charge in [-0.25, -0.2) is 0 Å². The van der Waals surface area contributed by atoms with Crippen LogP contribution in [-0.4, -0.2) is 4.98 Å². The van der Waals surface area contributed by atoms with Gasteiger partial charge in [-0.2, -0.15) is 4.39 Å². The van der Waals surface area contributed by atoms with Gasteiger partial charge in [0.05, 0.1) is 0 Å². The Hall–Kier alpha value is -1.32. The van der Waals surface area contributed by atoms with E-state index in [9.17, 15) is 4.39 Å². The molecule has 1 aliphatic rings. The first kappa shape index (κ1) is 5.46. The van der Waals surface area contributed by atoms with Gasteiger partial charge in [-0.05, 0) is 12.1 Å². The fraction of sp³-hybridized carbons (Fsp3) is 0.167. The second kappa shape index (κ2) is 1.59. The molecule has 2 heterocycles. The van der Waals surface area contributed by atoms with Crippen LogP contribution >= 0.6 is 0 Å². The van der Waals surface area contributed by atoms with Crippen molar-refractivity contribution in [2.24, 2.45) is 10.2 Å². The number of hydrogen-bond donors (Lipinski definition) is 0. The van der Waals surface area contributed by atoms with Gasteiger partial charge in [-0.1, -0.05) is 0 Å². The van der Waals surface area contributed by atoms with Crippen LogP contribution in [0.2, 0.25) is 0 Å². The molecular formula is C6H4FN3. The highest BCUT2D eigenvalue weighted by atomic mass is 19.2. The number of pyridine rings is 1. The third-order valence-corrected chi connectivity index (χ3v) is 1.32. The molecule has 0 atom stereocenters. The van der Waals surface area contributed by atoms with Gasteiger partial charge in [0, 0.05) is 18.0 Å². The van der Waals surface area contributed by atoms with E-state index in [4.69, 9.17) is 0 Å². The first-order chi connectivity index (χ1) is 4.81. The quantitative estimate of drug-likeness (QED) is 0.542. The summed E-state index contributed by atoms with van der Waals surface area (Å²) in [6.07, 6.45) is 3.03. The van der Waals surface area contributed by atoms with Crippen LogP contribution in [0.15, 0.2) is 34.8 Å². The highest BCUT2D eigenvalue weighted by Crippen LogP contribution is 2.40. The highest BCUT2D eigenvalue weighted by molar-refractivity contribution is 5.20. The van der Waals surface area contributed by atoms with E-state index in [2.05, 4.69) is 15.2 Å².